The Bertz CT molecular complexity index is 1260. The molecule has 0 aliphatic carbocycles. The second-order valence-electron chi connectivity index (χ2n) is 6.39. The predicted octanol–water partition coefficient (Wildman–Crippen LogP) is 2.71. The van der Waals surface area contributed by atoms with Gasteiger partial charge in [-0.05, 0) is 30.7 Å². The Labute approximate surface area is 153 Å². The maximum atomic E-state index is 5.11. The van der Waals surface area contributed by atoms with Crippen molar-refractivity contribution in [3.05, 3.63) is 71.5 Å². The average Bonchev–Trinajstić information content (AvgIpc) is 3.28. The number of aryl methyl sites for hydroxylation is 1. The van der Waals surface area contributed by atoms with Gasteiger partial charge in [0.1, 0.15) is 5.76 Å². The van der Waals surface area contributed by atoms with Crippen LogP contribution >= 0.6 is 0 Å². The molecule has 0 saturated heterocycles. The van der Waals surface area contributed by atoms with E-state index in [0.717, 1.165) is 33.6 Å². The molecule has 5 rings (SSSR count). The van der Waals surface area contributed by atoms with Crippen LogP contribution in [0.2, 0.25) is 0 Å². The van der Waals surface area contributed by atoms with Gasteiger partial charge in [-0.15, -0.1) is 5.10 Å². The van der Waals surface area contributed by atoms with E-state index < -0.39 is 0 Å². The van der Waals surface area contributed by atoms with Crippen molar-refractivity contribution in [1.29, 1.82) is 0 Å². The molecule has 0 bridgehead atoms. The first-order valence-corrected chi connectivity index (χ1v) is 8.55. The van der Waals surface area contributed by atoms with Crippen LogP contribution in [0.25, 0.3) is 22.2 Å². The Morgan fingerprint density at radius 2 is 2.04 bits per heavy atom. The summed E-state index contributed by atoms with van der Waals surface area (Å²) >= 11 is 0. The number of nitrogens with zero attached hydrogens (tertiary/aromatic N) is 7. The first kappa shape index (κ1) is 15.6. The SMILES string of the molecule is Cc1cc(Cc2cnc3nnn(Cc4ccc5ncccc5c4)c3n2)no1. The summed E-state index contributed by atoms with van der Waals surface area (Å²) in [5.41, 5.74) is 4.86. The van der Waals surface area contributed by atoms with Crippen molar-refractivity contribution < 1.29 is 4.52 Å². The Morgan fingerprint density at radius 1 is 1.07 bits per heavy atom. The van der Waals surface area contributed by atoms with E-state index in [4.69, 9.17) is 4.52 Å². The molecule has 1 aromatic carbocycles. The molecule has 0 aliphatic heterocycles. The number of aromatic nitrogens is 7. The van der Waals surface area contributed by atoms with Gasteiger partial charge in [-0.2, -0.15) is 0 Å². The second kappa shape index (κ2) is 6.24. The van der Waals surface area contributed by atoms with Gasteiger partial charge in [0.25, 0.3) is 0 Å². The molecule has 4 aromatic heterocycles. The van der Waals surface area contributed by atoms with E-state index in [1.165, 1.54) is 0 Å². The number of benzene rings is 1. The Morgan fingerprint density at radius 3 is 2.93 bits per heavy atom. The zero-order chi connectivity index (χ0) is 18.2. The van der Waals surface area contributed by atoms with Crippen molar-refractivity contribution >= 4 is 22.2 Å². The van der Waals surface area contributed by atoms with Crippen LogP contribution in [-0.4, -0.2) is 35.1 Å². The highest BCUT2D eigenvalue weighted by atomic mass is 16.5. The van der Waals surface area contributed by atoms with Crippen molar-refractivity contribution in [2.75, 3.05) is 0 Å². The van der Waals surface area contributed by atoms with Gasteiger partial charge in [0.05, 0.1) is 29.6 Å². The van der Waals surface area contributed by atoms with Gasteiger partial charge >= 0.3 is 0 Å². The molecule has 8 nitrogen and oxygen atoms in total. The lowest BCUT2D eigenvalue weighted by Gasteiger charge is -2.04. The monoisotopic (exact) mass is 357 g/mol. The molecule has 0 radical (unpaired) electrons. The summed E-state index contributed by atoms with van der Waals surface area (Å²) in [7, 11) is 0. The largest absolute Gasteiger partial charge is 0.361 e. The zero-order valence-electron chi connectivity index (χ0n) is 14.6. The van der Waals surface area contributed by atoms with E-state index in [2.05, 4.69) is 36.5 Å². The minimum absolute atomic E-state index is 0.525. The summed E-state index contributed by atoms with van der Waals surface area (Å²) in [4.78, 5) is 13.4. The van der Waals surface area contributed by atoms with E-state index in [1.54, 1.807) is 17.1 Å². The molecule has 0 unspecified atom stereocenters. The van der Waals surface area contributed by atoms with Crippen molar-refractivity contribution in [1.82, 2.24) is 35.1 Å². The molecule has 27 heavy (non-hydrogen) atoms. The van der Waals surface area contributed by atoms with Crippen LogP contribution < -0.4 is 0 Å². The highest BCUT2D eigenvalue weighted by molar-refractivity contribution is 5.79. The third kappa shape index (κ3) is 3.01. The third-order valence-corrected chi connectivity index (χ3v) is 4.32. The molecule has 0 saturated carbocycles. The van der Waals surface area contributed by atoms with Crippen LogP contribution in [-0.2, 0) is 13.0 Å². The first-order valence-electron chi connectivity index (χ1n) is 8.55. The topological polar surface area (TPSA) is 95.4 Å². The molecule has 0 spiro atoms. The highest BCUT2D eigenvalue weighted by Crippen LogP contribution is 2.16. The fourth-order valence-corrected chi connectivity index (χ4v) is 3.07. The van der Waals surface area contributed by atoms with Crippen molar-refractivity contribution in [2.24, 2.45) is 0 Å². The molecule has 0 N–H and O–H groups in total. The van der Waals surface area contributed by atoms with Crippen LogP contribution in [0.1, 0.15) is 22.7 Å². The van der Waals surface area contributed by atoms with E-state index in [-0.39, 0.29) is 0 Å². The molecule has 132 valence electrons. The Balaban J connectivity index is 1.47. The van der Waals surface area contributed by atoms with E-state index >= 15 is 0 Å². The maximum Gasteiger partial charge on any atom is 0.221 e. The standard InChI is InChI=1S/C19H15N7O/c1-12-7-15(24-27-12)9-16-10-21-18-19(22-16)26(25-23-18)11-13-4-5-17-14(8-13)3-2-6-20-17/h2-8,10H,9,11H2,1H3. The fourth-order valence-electron chi connectivity index (χ4n) is 3.07. The smallest absolute Gasteiger partial charge is 0.221 e. The van der Waals surface area contributed by atoms with Crippen molar-refractivity contribution in [3.63, 3.8) is 0 Å². The maximum absolute atomic E-state index is 5.11. The second-order valence-corrected chi connectivity index (χ2v) is 6.39. The summed E-state index contributed by atoms with van der Waals surface area (Å²) in [5, 5.41) is 13.4. The Hall–Kier alpha value is -3.68. The summed E-state index contributed by atoms with van der Waals surface area (Å²) in [6, 6.07) is 12.0. The number of rotatable bonds is 4. The summed E-state index contributed by atoms with van der Waals surface area (Å²) in [6.07, 6.45) is 4.04. The predicted molar refractivity (Wildman–Crippen MR) is 98.0 cm³/mol. The number of fused-ring (bicyclic) bond motifs is 2. The molecule has 0 aliphatic rings. The fraction of sp³-hybridized carbons (Fsp3) is 0.158. The lowest BCUT2D eigenvalue weighted by Crippen LogP contribution is -2.04. The van der Waals surface area contributed by atoms with Crippen LogP contribution in [0, 0.1) is 6.92 Å². The minimum atomic E-state index is 0.525. The van der Waals surface area contributed by atoms with Gasteiger partial charge < -0.3 is 4.52 Å². The molecule has 8 heteroatoms. The lowest BCUT2D eigenvalue weighted by atomic mass is 10.1. The number of pyridine rings is 1. The molecule has 0 fully saturated rings. The first-order chi connectivity index (χ1) is 13.2. The highest BCUT2D eigenvalue weighted by Gasteiger charge is 2.11. The summed E-state index contributed by atoms with van der Waals surface area (Å²) in [5.74, 6) is 0.775. The Kier molecular flexibility index (Phi) is 3.60. The van der Waals surface area contributed by atoms with Gasteiger partial charge in [0, 0.05) is 24.1 Å². The van der Waals surface area contributed by atoms with Gasteiger partial charge in [-0.3, -0.25) is 4.98 Å². The molecular formula is C19H15N7O. The minimum Gasteiger partial charge on any atom is -0.361 e. The van der Waals surface area contributed by atoms with Gasteiger partial charge in [-0.25, -0.2) is 14.6 Å². The van der Waals surface area contributed by atoms with E-state index in [1.807, 2.05) is 37.3 Å². The molecule has 0 amide bonds. The van der Waals surface area contributed by atoms with Crippen LogP contribution in [0.4, 0.5) is 0 Å². The van der Waals surface area contributed by atoms with Gasteiger partial charge in [0.2, 0.25) is 5.65 Å². The average molecular weight is 357 g/mol. The zero-order valence-corrected chi connectivity index (χ0v) is 14.6. The van der Waals surface area contributed by atoms with Crippen molar-refractivity contribution in [3.8, 4) is 0 Å². The van der Waals surface area contributed by atoms with Crippen LogP contribution in [0.15, 0.2) is 53.3 Å². The van der Waals surface area contributed by atoms with Gasteiger partial charge in [-0.1, -0.05) is 22.5 Å². The molecule has 5 aromatic rings. The van der Waals surface area contributed by atoms with E-state index in [9.17, 15) is 0 Å². The normalized spacial score (nSPS) is 11.4. The molecular weight excluding hydrogens is 342 g/mol. The third-order valence-electron chi connectivity index (χ3n) is 4.32. The summed E-state index contributed by atoms with van der Waals surface area (Å²) in [6.45, 7) is 2.42. The summed E-state index contributed by atoms with van der Waals surface area (Å²) < 4.78 is 6.88. The van der Waals surface area contributed by atoms with Crippen LogP contribution in [0.3, 0.4) is 0 Å². The molecule has 0 atom stereocenters. The lowest BCUT2D eigenvalue weighted by molar-refractivity contribution is 0.391. The number of hydrogen-bond acceptors (Lipinski definition) is 7. The number of hydrogen-bond donors (Lipinski definition) is 0. The molecule has 4 heterocycles. The van der Waals surface area contributed by atoms with Gasteiger partial charge in [0.15, 0.2) is 5.65 Å². The van der Waals surface area contributed by atoms with Crippen LogP contribution in [0.5, 0.6) is 0 Å². The quantitative estimate of drug-likeness (QED) is 0.488. The van der Waals surface area contributed by atoms with E-state index in [0.29, 0.717) is 24.3 Å². The van der Waals surface area contributed by atoms with Crippen molar-refractivity contribution in [2.45, 2.75) is 19.9 Å².